The lowest BCUT2D eigenvalue weighted by atomic mass is 10.0. The number of fused-ring (bicyclic) bond motifs is 1. The maximum absolute atomic E-state index is 12.5. The summed E-state index contributed by atoms with van der Waals surface area (Å²) >= 11 is 0. The summed E-state index contributed by atoms with van der Waals surface area (Å²) in [7, 11) is -3.20. The minimum absolute atomic E-state index is 0.0717. The second-order valence-corrected chi connectivity index (χ2v) is 7.96. The first-order chi connectivity index (χ1) is 9.56. The lowest BCUT2D eigenvalue weighted by Crippen LogP contribution is -2.37. The van der Waals surface area contributed by atoms with Crippen LogP contribution >= 0.6 is 0 Å². The largest absolute Gasteiger partial charge is 0.399 e. The van der Waals surface area contributed by atoms with Gasteiger partial charge in [0.05, 0.1) is 5.25 Å². The van der Waals surface area contributed by atoms with Gasteiger partial charge in [-0.3, -0.25) is 0 Å². The van der Waals surface area contributed by atoms with E-state index in [0.29, 0.717) is 0 Å². The molecule has 0 spiro atoms. The van der Waals surface area contributed by atoms with Crippen LogP contribution in [-0.2, 0) is 16.4 Å². The number of hydrogen-bond donors (Lipinski definition) is 2. The molecule has 1 aromatic carbocycles. The van der Waals surface area contributed by atoms with Crippen LogP contribution in [0.15, 0.2) is 18.2 Å². The molecule has 0 heterocycles. The SMILES string of the molecule is Nc1ccc2c(c1)CCC2NS(=O)(=O)C1CCCCC1. The van der Waals surface area contributed by atoms with Gasteiger partial charge in [-0.05, 0) is 48.9 Å². The van der Waals surface area contributed by atoms with E-state index in [9.17, 15) is 8.42 Å². The summed E-state index contributed by atoms with van der Waals surface area (Å²) in [6.45, 7) is 0. The van der Waals surface area contributed by atoms with Crippen molar-refractivity contribution in [3.05, 3.63) is 29.3 Å². The maximum Gasteiger partial charge on any atom is 0.215 e. The number of hydrogen-bond acceptors (Lipinski definition) is 3. The van der Waals surface area contributed by atoms with E-state index in [1.54, 1.807) is 0 Å². The molecule has 0 aromatic heterocycles. The molecule has 110 valence electrons. The molecule has 0 amide bonds. The summed E-state index contributed by atoms with van der Waals surface area (Å²) in [6.07, 6.45) is 6.57. The Morgan fingerprint density at radius 1 is 1.10 bits per heavy atom. The van der Waals surface area contributed by atoms with Crippen LogP contribution in [0.2, 0.25) is 0 Å². The molecule has 3 rings (SSSR count). The molecule has 1 fully saturated rings. The quantitative estimate of drug-likeness (QED) is 0.841. The van der Waals surface area contributed by atoms with Gasteiger partial charge in [0.2, 0.25) is 10.0 Å². The Bertz CT molecular complexity index is 592. The van der Waals surface area contributed by atoms with Crippen molar-refractivity contribution in [3.63, 3.8) is 0 Å². The van der Waals surface area contributed by atoms with Gasteiger partial charge in [-0.25, -0.2) is 13.1 Å². The number of nitrogen functional groups attached to an aromatic ring is 1. The van der Waals surface area contributed by atoms with Crippen molar-refractivity contribution in [2.24, 2.45) is 0 Å². The number of rotatable bonds is 3. The van der Waals surface area contributed by atoms with Gasteiger partial charge >= 0.3 is 0 Å². The number of nitrogens with one attached hydrogen (secondary N) is 1. The molecule has 1 atom stereocenters. The van der Waals surface area contributed by atoms with E-state index >= 15 is 0 Å². The number of sulfonamides is 1. The van der Waals surface area contributed by atoms with Crippen molar-refractivity contribution < 1.29 is 8.42 Å². The molecule has 2 aliphatic carbocycles. The third-order valence-corrected chi connectivity index (χ3v) is 6.50. The molecular formula is C15H22N2O2S. The average Bonchev–Trinajstić information content (AvgIpc) is 2.81. The standard InChI is InChI=1S/C15H22N2O2S/c16-12-7-8-14-11(10-12)6-9-15(14)17-20(18,19)13-4-2-1-3-5-13/h7-8,10,13,15,17H,1-6,9,16H2. The molecular weight excluding hydrogens is 272 g/mol. The van der Waals surface area contributed by atoms with Crippen molar-refractivity contribution >= 4 is 15.7 Å². The van der Waals surface area contributed by atoms with Crippen LogP contribution in [0.1, 0.15) is 55.7 Å². The van der Waals surface area contributed by atoms with Crippen LogP contribution in [0.3, 0.4) is 0 Å². The van der Waals surface area contributed by atoms with Crippen LogP contribution in [0.25, 0.3) is 0 Å². The van der Waals surface area contributed by atoms with Crippen molar-refractivity contribution in [1.82, 2.24) is 4.72 Å². The normalized spacial score (nSPS) is 23.7. The van der Waals surface area contributed by atoms with Crippen LogP contribution in [-0.4, -0.2) is 13.7 Å². The lowest BCUT2D eigenvalue weighted by Gasteiger charge is -2.24. The Hall–Kier alpha value is -1.07. The van der Waals surface area contributed by atoms with Gasteiger partial charge in [0.15, 0.2) is 0 Å². The topological polar surface area (TPSA) is 72.2 Å². The molecule has 4 nitrogen and oxygen atoms in total. The third kappa shape index (κ3) is 2.69. The van der Waals surface area contributed by atoms with E-state index in [-0.39, 0.29) is 11.3 Å². The second-order valence-electron chi connectivity index (χ2n) is 5.97. The zero-order chi connectivity index (χ0) is 14.2. The van der Waals surface area contributed by atoms with E-state index < -0.39 is 10.0 Å². The number of aryl methyl sites for hydroxylation is 1. The van der Waals surface area contributed by atoms with Crippen LogP contribution < -0.4 is 10.5 Å². The molecule has 0 aliphatic heterocycles. The van der Waals surface area contributed by atoms with Gasteiger partial charge in [-0.1, -0.05) is 25.3 Å². The van der Waals surface area contributed by atoms with Gasteiger partial charge < -0.3 is 5.73 Å². The summed E-state index contributed by atoms with van der Waals surface area (Å²) in [6, 6.07) is 5.71. The Morgan fingerprint density at radius 3 is 2.60 bits per heavy atom. The molecule has 0 saturated heterocycles. The Morgan fingerprint density at radius 2 is 1.85 bits per heavy atom. The third-order valence-electron chi connectivity index (χ3n) is 4.54. The predicted molar refractivity (Wildman–Crippen MR) is 80.8 cm³/mol. The first kappa shape index (κ1) is 13.9. The van der Waals surface area contributed by atoms with Crippen molar-refractivity contribution in [2.45, 2.75) is 56.2 Å². The molecule has 1 aromatic rings. The molecule has 20 heavy (non-hydrogen) atoms. The summed E-state index contributed by atoms with van der Waals surface area (Å²) in [4.78, 5) is 0. The molecule has 5 heteroatoms. The predicted octanol–water partition coefficient (Wildman–Crippen LogP) is 2.51. The zero-order valence-corrected chi connectivity index (χ0v) is 12.5. The first-order valence-corrected chi connectivity index (χ1v) is 9.00. The van der Waals surface area contributed by atoms with Crippen molar-refractivity contribution in [3.8, 4) is 0 Å². The van der Waals surface area contributed by atoms with Crippen LogP contribution in [0, 0.1) is 0 Å². The Labute approximate surface area is 120 Å². The molecule has 3 N–H and O–H groups in total. The highest BCUT2D eigenvalue weighted by Crippen LogP contribution is 2.34. The van der Waals surface area contributed by atoms with Gasteiger partial charge in [0.25, 0.3) is 0 Å². The highest BCUT2D eigenvalue weighted by molar-refractivity contribution is 7.90. The second kappa shape index (κ2) is 5.37. The smallest absolute Gasteiger partial charge is 0.215 e. The summed E-state index contributed by atoms with van der Waals surface area (Å²) in [5.41, 5.74) is 8.81. The molecule has 1 saturated carbocycles. The van der Waals surface area contributed by atoms with Gasteiger partial charge in [0, 0.05) is 11.7 Å². The summed E-state index contributed by atoms with van der Waals surface area (Å²) in [5, 5.41) is -0.200. The Balaban J connectivity index is 1.76. The van der Waals surface area contributed by atoms with Crippen molar-refractivity contribution in [2.75, 3.05) is 5.73 Å². The summed E-state index contributed by atoms with van der Waals surface area (Å²) in [5.74, 6) is 0. The first-order valence-electron chi connectivity index (χ1n) is 7.46. The maximum atomic E-state index is 12.5. The van der Waals surface area contributed by atoms with E-state index in [1.165, 1.54) is 5.56 Å². The molecule has 0 radical (unpaired) electrons. The van der Waals surface area contributed by atoms with E-state index in [2.05, 4.69) is 4.72 Å². The molecule has 1 unspecified atom stereocenters. The van der Waals surface area contributed by atoms with E-state index in [0.717, 1.165) is 56.2 Å². The molecule has 0 bridgehead atoms. The average molecular weight is 294 g/mol. The van der Waals surface area contributed by atoms with E-state index in [1.807, 2.05) is 18.2 Å². The van der Waals surface area contributed by atoms with Crippen molar-refractivity contribution in [1.29, 1.82) is 0 Å². The minimum Gasteiger partial charge on any atom is -0.399 e. The highest BCUT2D eigenvalue weighted by Gasteiger charge is 2.32. The van der Waals surface area contributed by atoms with Gasteiger partial charge in [-0.2, -0.15) is 0 Å². The van der Waals surface area contributed by atoms with E-state index in [4.69, 9.17) is 5.73 Å². The fourth-order valence-corrected chi connectivity index (χ4v) is 5.22. The van der Waals surface area contributed by atoms with Gasteiger partial charge in [0.1, 0.15) is 0 Å². The number of nitrogens with two attached hydrogens (primary N) is 1. The highest BCUT2D eigenvalue weighted by atomic mass is 32.2. The molecule has 2 aliphatic rings. The lowest BCUT2D eigenvalue weighted by molar-refractivity contribution is 0.470. The van der Waals surface area contributed by atoms with Crippen LogP contribution in [0.5, 0.6) is 0 Å². The Kier molecular flexibility index (Phi) is 3.73. The van der Waals surface area contributed by atoms with Gasteiger partial charge in [-0.15, -0.1) is 0 Å². The summed E-state index contributed by atoms with van der Waals surface area (Å²) < 4.78 is 27.9. The fourth-order valence-electron chi connectivity index (χ4n) is 3.43. The fraction of sp³-hybridized carbons (Fsp3) is 0.600. The minimum atomic E-state index is -3.20. The monoisotopic (exact) mass is 294 g/mol. The zero-order valence-electron chi connectivity index (χ0n) is 11.6. The van der Waals surface area contributed by atoms with Crippen LogP contribution in [0.4, 0.5) is 5.69 Å². The number of anilines is 1. The number of benzene rings is 1.